The second-order valence-corrected chi connectivity index (χ2v) is 7.29. The maximum Gasteiger partial charge on any atom is 0.317 e. The van der Waals surface area contributed by atoms with Crippen LogP contribution in [0.3, 0.4) is 0 Å². The summed E-state index contributed by atoms with van der Waals surface area (Å²) < 4.78 is 0. The minimum absolute atomic E-state index is 0.0226. The molecule has 0 unspecified atom stereocenters. The SMILES string of the molecule is CN(C)CCCNC(=O)CCNC(=O)N1CCc2c([nH]c3ccccc23)C1. The van der Waals surface area contributed by atoms with Gasteiger partial charge in [0.1, 0.15) is 0 Å². The Bertz CT molecular complexity index is 799. The van der Waals surface area contributed by atoms with Crippen molar-refractivity contribution in [2.24, 2.45) is 0 Å². The van der Waals surface area contributed by atoms with Crippen molar-refractivity contribution in [2.45, 2.75) is 25.8 Å². The van der Waals surface area contributed by atoms with Crippen molar-refractivity contribution in [1.82, 2.24) is 25.4 Å². The fraction of sp³-hybridized carbons (Fsp3) is 0.500. The molecule has 3 amide bonds. The van der Waals surface area contributed by atoms with E-state index < -0.39 is 0 Å². The van der Waals surface area contributed by atoms with Crippen LogP contribution in [0.25, 0.3) is 10.9 Å². The minimum Gasteiger partial charge on any atom is -0.357 e. The zero-order chi connectivity index (χ0) is 19.2. The van der Waals surface area contributed by atoms with Crippen LogP contribution in [-0.4, -0.2) is 67.0 Å². The van der Waals surface area contributed by atoms with Crippen molar-refractivity contribution in [2.75, 3.05) is 40.3 Å². The van der Waals surface area contributed by atoms with E-state index in [1.54, 1.807) is 4.90 Å². The van der Waals surface area contributed by atoms with Crippen LogP contribution in [0.2, 0.25) is 0 Å². The number of carbonyl (C=O) groups is 2. The maximum atomic E-state index is 12.4. The Morgan fingerprint density at radius 3 is 2.81 bits per heavy atom. The summed E-state index contributed by atoms with van der Waals surface area (Å²) in [5, 5.41) is 6.99. The summed E-state index contributed by atoms with van der Waals surface area (Å²) in [5.74, 6) is -0.0226. The molecule has 1 aromatic carbocycles. The number of rotatable bonds is 7. The molecule has 3 N–H and O–H groups in total. The predicted molar refractivity (Wildman–Crippen MR) is 107 cm³/mol. The van der Waals surface area contributed by atoms with Gasteiger partial charge in [0.2, 0.25) is 5.91 Å². The number of amides is 3. The second-order valence-electron chi connectivity index (χ2n) is 7.29. The number of nitrogens with zero attached hydrogens (tertiary/aromatic N) is 2. The molecule has 0 spiro atoms. The number of urea groups is 1. The van der Waals surface area contributed by atoms with Crippen molar-refractivity contribution in [3.05, 3.63) is 35.5 Å². The van der Waals surface area contributed by atoms with Crippen LogP contribution in [0.1, 0.15) is 24.1 Å². The van der Waals surface area contributed by atoms with E-state index in [0.717, 1.165) is 30.6 Å². The molecule has 1 aliphatic heterocycles. The monoisotopic (exact) mass is 371 g/mol. The van der Waals surface area contributed by atoms with Crippen molar-refractivity contribution in [1.29, 1.82) is 0 Å². The molecule has 1 aromatic heterocycles. The van der Waals surface area contributed by atoms with Crippen LogP contribution in [0.15, 0.2) is 24.3 Å². The van der Waals surface area contributed by atoms with E-state index in [-0.39, 0.29) is 11.9 Å². The average molecular weight is 371 g/mol. The van der Waals surface area contributed by atoms with Crippen molar-refractivity contribution >= 4 is 22.8 Å². The molecule has 7 heteroatoms. The fourth-order valence-corrected chi connectivity index (χ4v) is 3.47. The van der Waals surface area contributed by atoms with Crippen molar-refractivity contribution in [3.8, 4) is 0 Å². The molecule has 2 heterocycles. The van der Waals surface area contributed by atoms with Gasteiger partial charge in [-0.25, -0.2) is 4.79 Å². The zero-order valence-electron chi connectivity index (χ0n) is 16.2. The smallest absolute Gasteiger partial charge is 0.317 e. The first-order valence-electron chi connectivity index (χ1n) is 9.57. The van der Waals surface area contributed by atoms with Gasteiger partial charge in [-0.2, -0.15) is 0 Å². The summed E-state index contributed by atoms with van der Waals surface area (Å²) in [6.45, 7) is 3.24. The second kappa shape index (κ2) is 8.90. The lowest BCUT2D eigenvalue weighted by molar-refractivity contribution is -0.120. The quantitative estimate of drug-likeness (QED) is 0.648. The molecule has 0 radical (unpaired) electrons. The molecule has 0 saturated carbocycles. The number of hydrogen-bond donors (Lipinski definition) is 3. The summed E-state index contributed by atoms with van der Waals surface area (Å²) in [7, 11) is 4.02. The van der Waals surface area contributed by atoms with Crippen LogP contribution in [-0.2, 0) is 17.8 Å². The number of para-hydroxylation sites is 1. The molecule has 2 aromatic rings. The minimum atomic E-state index is -0.111. The van der Waals surface area contributed by atoms with Gasteiger partial charge in [0.05, 0.1) is 6.54 Å². The molecule has 7 nitrogen and oxygen atoms in total. The summed E-state index contributed by atoms with van der Waals surface area (Å²) >= 11 is 0. The molecular weight excluding hydrogens is 342 g/mol. The molecule has 27 heavy (non-hydrogen) atoms. The van der Waals surface area contributed by atoms with E-state index in [9.17, 15) is 9.59 Å². The van der Waals surface area contributed by atoms with Gasteiger partial charge in [0.15, 0.2) is 0 Å². The predicted octanol–water partition coefficient (Wildman–Crippen LogP) is 1.69. The first-order valence-corrected chi connectivity index (χ1v) is 9.57. The highest BCUT2D eigenvalue weighted by atomic mass is 16.2. The molecule has 0 saturated heterocycles. The molecular formula is C20H29N5O2. The summed E-state index contributed by atoms with van der Waals surface area (Å²) in [4.78, 5) is 31.5. The van der Waals surface area contributed by atoms with Gasteiger partial charge in [-0.3, -0.25) is 4.79 Å². The Hall–Kier alpha value is -2.54. The van der Waals surface area contributed by atoms with E-state index in [4.69, 9.17) is 0 Å². The van der Waals surface area contributed by atoms with Gasteiger partial charge in [-0.15, -0.1) is 0 Å². The van der Waals surface area contributed by atoms with E-state index in [1.807, 2.05) is 26.2 Å². The van der Waals surface area contributed by atoms with E-state index in [1.165, 1.54) is 10.9 Å². The molecule has 0 fully saturated rings. The lowest BCUT2D eigenvalue weighted by atomic mass is 10.0. The first-order chi connectivity index (χ1) is 13.0. The molecule has 0 bridgehead atoms. The largest absolute Gasteiger partial charge is 0.357 e. The maximum absolute atomic E-state index is 12.4. The van der Waals surface area contributed by atoms with E-state index >= 15 is 0 Å². The number of carbonyl (C=O) groups excluding carboxylic acids is 2. The lowest BCUT2D eigenvalue weighted by Crippen LogP contribution is -2.43. The Balaban J connectivity index is 1.41. The standard InChI is InChI=1S/C20H29N5O2/c1-24(2)12-5-10-21-19(26)8-11-22-20(27)25-13-9-16-15-6-3-4-7-17(15)23-18(16)14-25/h3-4,6-7,23H,5,8-14H2,1-2H3,(H,21,26)(H,22,27). The highest BCUT2D eigenvalue weighted by Crippen LogP contribution is 2.27. The van der Waals surface area contributed by atoms with Gasteiger partial charge in [-0.05, 0) is 45.1 Å². The van der Waals surface area contributed by atoms with Gasteiger partial charge < -0.3 is 25.4 Å². The molecule has 3 rings (SSSR count). The number of benzene rings is 1. The topological polar surface area (TPSA) is 80.5 Å². The van der Waals surface area contributed by atoms with E-state index in [2.05, 4.69) is 32.7 Å². The Kier molecular flexibility index (Phi) is 6.34. The summed E-state index contributed by atoms with van der Waals surface area (Å²) in [6, 6.07) is 8.13. The zero-order valence-corrected chi connectivity index (χ0v) is 16.2. The Morgan fingerprint density at radius 2 is 2.00 bits per heavy atom. The third-order valence-corrected chi connectivity index (χ3v) is 4.90. The number of aromatic nitrogens is 1. The average Bonchev–Trinajstić information content (AvgIpc) is 3.02. The van der Waals surface area contributed by atoms with E-state index in [0.29, 0.717) is 32.6 Å². The third kappa shape index (κ3) is 5.01. The highest BCUT2D eigenvalue weighted by Gasteiger charge is 2.23. The fourth-order valence-electron chi connectivity index (χ4n) is 3.47. The summed E-state index contributed by atoms with van der Waals surface area (Å²) in [5.41, 5.74) is 3.54. The molecule has 0 atom stereocenters. The van der Waals surface area contributed by atoms with Crippen molar-refractivity contribution < 1.29 is 9.59 Å². The third-order valence-electron chi connectivity index (χ3n) is 4.90. The van der Waals surface area contributed by atoms with Gasteiger partial charge in [-0.1, -0.05) is 18.2 Å². The number of H-pyrrole nitrogens is 1. The van der Waals surface area contributed by atoms with Crippen LogP contribution in [0, 0.1) is 0 Å². The van der Waals surface area contributed by atoms with Crippen LogP contribution in [0.5, 0.6) is 0 Å². The van der Waals surface area contributed by atoms with Crippen LogP contribution in [0.4, 0.5) is 4.79 Å². The number of aromatic amines is 1. The Morgan fingerprint density at radius 1 is 1.19 bits per heavy atom. The van der Waals surface area contributed by atoms with Crippen molar-refractivity contribution in [3.63, 3.8) is 0 Å². The van der Waals surface area contributed by atoms with Gasteiger partial charge in [0.25, 0.3) is 0 Å². The Labute approximate surface area is 160 Å². The lowest BCUT2D eigenvalue weighted by Gasteiger charge is -2.27. The molecule has 0 aliphatic carbocycles. The van der Waals surface area contributed by atoms with Gasteiger partial charge >= 0.3 is 6.03 Å². The number of hydrogen-bond acceptors (Lipinski definition) is 3. The molecule has 146 valence electrons. The van der Waals surface area contributed by atoms with Crippen LogP contribution < -0.4 is 10.6 Å². The summed E-state index contributed by atoms with van der Waals surface area (Å²) in [6.07, 6.45) is 2.07. The highest BCUT2D eigenvalue weighted by molar-refractivity contribution is 5.85. The molecule has 1 aliphatic rings. The number of fused-ring (bicyclic) bond motifs is 3. The van der Waals surface area contributed by atoms with Gasteiger partial charge in [0, 0.05) is 42.7 Å². The first kappa shape index (κ1) is 19.2. The number of nitrogens with one attached hydrogen (secondary N) is 3. The van der Waals surface area contributed by atoms with Crippen LogP contribution >= 0.6 is 0 Å². The normalized spacial score (nSPS) is 13.7.